The van der Waals surface area contributed by atoms with Crippen LogP contribution in [0.5, 0.6) is 0 Å². The SMILES string of the molecule is COCCO[C@H](C)c1ccccc1Br. The Bertz CT molecular complexity index is 276. The van der Waals surface area contributed by atoms with Crippen LogP contribution >= 0.6 is 15.9 Å². The lowest BCUT2D eigenvalue weighted by molar-refractivity contribution is 0.0252. The molecule has 3 heteroatoms. The number of ether oxygens (including phenoxy) is 2. The fourth-order valence-electron chi connectivity index (χ4n) is 1.20. The summed E-state index contributed by atoms with van der Waals surface area (Å²) < 4.78 is 11.6. The molecule has 78 valence electrons. The van der Waals surface area contributed by atoms with Crippen molar-refractivity contribution in [1.29, 1.82) is 0 Å². The molecular formula is C11H15BrO2. The fraction of sp³-hybridized carbons (Fsp3) is 0.455. The van der Waals surface area contributed by atoms with Crippen molar-refractivity contribution in [3.63, 3.8) is 0 Å². The van der Waals surface area contributed by atoms with E-state index in [-0.39, 0.29) is 6.10 Å². The first kappa shape index (κ1) is 11.7. The van der Waals surface area contributed by atoms with Gasteiger partial charge in [-0.15, -0.1) is 0 Å². The van der Waals surface area contributed by atoms with Crippen molar-refractivity contribution in [2.24, 2.45) is 0 Å². The highest BCUT2D eigenvalue weighted by Gasteiger charge is 2.08. The second kappa shape index (κ2) is 6.17. The number of hydrogen-bond acceptors (Lipinski definition) is 2. The van der Waals surface area contributed by atoms with Crippen molar-refractivity contribution in [3.8, 4) is 0 Å². The summed E-state index contributed by atoms with van der Waals surface area (Å²) in [6.07, 6.45) is 0.0979. The van der Waals surface area contributed by atoms with E-state index in [1.165, 1.54) is 5.56 Å². The van der Waals surface area contributed by atoms with Crippen LogP contribution in [0.25, 0.3) is 0 Å². The molecule has 0 aliphatic heterocycles. The maximum absolute atomic E-state index is 5.59. The third kappa shape index (κ3) is 3.40. The summed E-state index contributed by atoms with van der Waals surface area (Å²) in [5, 5.41) is 0. The Morgan fingerprint density at radius 3 is 2.64 bits per heavy atom. The number of benzene rings is 1. The zero-order valence-electron chi connectivity index (χ0n) is 8.50. The molecule has 0 fully saturated rings. The largest absolute Gasteiger partial charge is 0.382 e. The summed E-state index contributed by atoms with van der Waals surface area (Å²) in [6.45, 7) is 3.30. The first-order chi connectivity index (χ1) is 6.75. The van der Waals surface area contributed by atoms with Gasteiger partial charge in [-0.2, -0.15) is 0 Å². The predicted molar refractivity (Wildman–Crippen MR) is 60.4 cm³/mol. The normalized spacial score (nSPS) is 12.8. The minimum Gasteiger partial charge on any atom is -0.382 e. The molecule has 2 nitrogen and oxygen atoms in total. The van der Waals surface area contributed by atoms with Gasteiger partial charge in [0.1, 0.15) is 0 Å². The number of halogens is 1. The Hall–Kier alpha value is -0.380. The first-order valence-electron chi connectivity index (χ1n) is 4.60. The van der Waals surface area contributed by atoms with Crippen LogP contribution in [0, 0.1) is 0 Å². The van der Waals surface area contributed by atoms with E-state index < -0.39 is 0 Å². The summed E-state index contributed by atoms with van der Waals surface area (Å²) in [6, 6.07) is 8.08. The first-order valence-corrected chi connectivity index (χ1v) is 5.40. The van der Waals surface area contributed by atoms with Crippen molar-refractivity contribution in [1.82, 2.24) is 0 Å². The Kier molecular flexibility index (Phi) is 5.15. The van der Waals surface area contributed by atoms with Gasteiger partial charge in [-0.25, -0.2) is 0 Å². The lowest BCUT2D eigenvalue weighted by Gasteiger charge is -2.14. The van der Waals surface area contributed by atoms with Gasteiger partial charge in [0, 0.05) is 11.6 Å². The summed E-state index contributed by atoms with van der Waals surface area (Å²) in [5.41, 5.74) is 1.17. The maximum atomic E-state index is 5.59. The molecule has 0 saturated carbocycles. The Balaban J connectivity index is 2.51. The van der Waals surface area contributed by atoms with Gasteiger partial charge in [0.2, 0.25) is 0 Å². The monoisotopic (exact) mass is 258 g/mol. The molecule has 0 spiro atoms. The summed E-state index contributed by atoms with van der Waals surface area (Å²) >= 11 is 3.49. The van der Waals surface area contributed by atoms with Gasteiger partial charge in [0.05, 0.1) is 19.3 Å². The van der Waals surface area contributed by atoms with Gasteiger partial charge in [-0.05, 0) is 18.6 Å². The molecule has 0 bridgehead atoms. The second-order valence-electron chi connectivity index (χ2n) is 3.03. The van der Waals surface area contributed by atoms with Gasteiger partial charge >= 0.3 is 0 Å². The topological polar surface area (TPSA) is 18.5 Å². The third-order valence-corrected chi connectivity index (χ3v) is 2.72. The highest BCUT2D eigenvalue weighted by Crippen LogP contribution is 2.24. The standard InChI is InChI=1S/C11H15BrO2/c1-9(14-8-7-13-2)10-5-3-4-6-11(10)12/h3-6,9H,7-8H2,1-2H3/t9-/m1/s1. The Morgan fingerprint density at radius 2 is 2.00 bits per heavy atom. The van der Waals surface area contributed by atoms with E-state index in [0.717, 1.165) is 4.47 Å². The van der Waals surface area contributed by atoms with Crippen LogP contribution in [-0.2, 0) is 9.47 Å². The van der Waals surface area contributed by atoms with E-state index in [2.05, 4.69) is 22.0 Å². The summed E-state index contributed by atoms with van der Waals surface area (Å²) in [4.78, 5) is 0. The Morgan fingerprint density at radius 1 is 1.29 bits per heavy atom. The lowest BCUT2D eigenvalue weighted by Crippen LogP contribution is -2.06. The molecule has 1 aromatic carbocycles. The van der Waals surface area contributed by atoms with E-state index in [9.17, 15) is 0 Å². The molecule has 1 atom stereocenters. The van der Waals surface area contributed by atoms with Crippen molar-refractivity contribution in [3.05, 3.63) is 34.3 Å². The maximum Gasteiger partial charge on any atom is 0.0808 e. The van der Waals surface area contributed by atoms with Crippen molar-refractivity contribution in [2.45, 2.75) is 13.0 Å². The molecule has 0 aliphatic carbocycles. The zero-order valence-corrected chi connectivity index (χ0v) is 10.1. The average Bonchev–Trinajstić information content (AvgIpc) is 2.18. The second-order valence-corrected chi connectivity index (χ2v) is 3.88. The van der Waals surface area contributed by atoms with Gasteiger partial charge in [-0.3, -0.25) is 0 Å². The van der Waals surface area contributed by atoms with Gasteiger partial charge in [-0.1, -0.05) is 34.1 Å². The molecule has 1 rings (SSSR count). The van der Waals surface area contributed by atoms with Gasteiger partial charge in [0.25, 0.3) is 0 Å². The predicted octanol–water partition coefficient (Wildman–Crippen LogP) is 3.17. The molecule has 0 unspecified atom stereocenters. The molecule has 1 aromatic rings. The van der Waals surface area contributed by atoms with E-state index in [1.54, 1.807) is 7.11 Å². The van der Waals surface area contributed by atoms with E-state index in [1.807, 2.05) is 25.1 Å². The van der Waals surface area contributed by atoms with Crippen LogP contribution in [0.4, 0.5) is 0 Å². The summed E-state index contributed by atoms with van der Waals surface area (Å²) in [5.74, 6) is 0. The molecule has 0 N–H and O–H groups in total. The van der Waals surface area contributed by atoms with Crippen LogP contribution < -0.4 is 0 Å². The minimum absolute atomic E-state index is 0.0979. The van der Waals surface area contributed by atoms with Crippen LogP contribution in [0.2, 0.25) is 0 Å². The van der Waals surface area contributed by atoms with Crippen LogP contribution in [0.1, 0.15) is 18.6 Å². The van der Waals surface area contributed by atoms with Gasteiger partial charge in [0.15, 0.2) is 0 Å². The summed E-state index contributed by atoms with van der Waals surface area (Å²) in [7, 11) is 1.67. The van der Waals surface area contributed by atoms with E-state index in [4.69, 9.17) is 9.47 Å². The van der Waals surface area contributed by atoms with Crippen molar-refractivity contribution in [2.75, 3.05) is 20.3 Å². The molecular weight excluding hydrogens is 244 g/mol. The smallest absolute Gasteiger partial charge is 0.0808 e. The molecule has 14 heavy (non-hydrogen) atoms. The zero-order chi connectivity index (χ0) is 10.4. The quantitative estimate of drug-likeness (QED) is 0.756. The van der Waals surface area contributed by atoms with E-state index >= 15 is 0 Å². The Labute approximate surface area is 93.4 Å². The number of rotatable bonds is 5. The molecule has 0 heterocycles. The minimum atomic E-state index is 0.0979. The van der Waals surface area contributed by atoms with Crippen LogP contribution in [0.15, 0.2) is 28.7 Å². The van der Waals surface area contributed by atoms with E-state index in [0.29, 0.717) is 13.2 Å². The third-order valence-electron chi connectivity index (χ3n) is 2.00. The molecule has 0 amide bonds. The lowest BCUT2D eigenvalue weighted by atomic mass is 10.1. The average molecular weight is 259 g/mol. The van der Waals surface area contributed by atoms with Crippen LogP contribution in [0.3, 0.4) is 0 Å². The highest BCUT2D eigenvalue weighted by atomic mass is 79.9. The molecule has 0 aliphatic rings. The molecule has 0 aromatic heterocycles. The number of methoxy groups -OCH3 is 1. The number of hydrogen-bond donors (Lipinski definition) is 0. The highest BCUT2D eigenvalue weighted by molar-refractivity contribution is 9.10. The molecule has 0 radical (unpaired) electrons. The van der Waals surface area contributed by atoms with Crippen LogP contribution in [-0.4, -0.2) is 20.3 Å². The molecule has 0 saturated heterocycles. The van der Waals surface area contributed by atoms with Crippen molar-refractivity contribution >= 4 is 15.9 Å². The van der Waals surface area contributed by atoms with Crippen molar-refractivity contribution < 1.29 is 9.47 Å². The van der Waals surface area contributed by atoms with Gasteiger partial charge < -0.3 is 9.47 Å². The fourth-order valence-corrected chi connectivity index (χ4v) is 1.81.